The molecular weight excluding hydrogens is 274 g/mol. The van der Waals surface area contributed by atoms with Gasteiger partial charge < -0.3 is 4.99 Å². The van der Waals surface area contributed by atoms with Crippen molar-refractivity contribution in [3.8, 4) is 11.4 Å². The Hall–Kier alpha value is -2.69. The van der Waals surface area contributed by atoms with Crippen molar-refractivity contribution in [2.24, 2.45) is 4.99 Å². The van der Waals surface area contributed by atoms with E-state index in [1.807, 2.05) is 60.7 Å². The van der Waals surface area contributed by atoms with Crippen LogP contribution in [-0.4, -0.2) is 15.9 Å². The number of rotatable bonds is 4. The van der Waals surface area contributed by atoms with E-state index in [2.05, 4.69) is 29.2 Å². The van der Waals surface area contributed by atoms with Crippen molar-refractivity contribution in [1.82, 2.24) is 15.0 Å². The first-order chi connectivity index (χ1) is 10.8. The van der Waals surface area contributed by atoms with Crippen LogP contribution in [-0.2, 0) is 0 Å². The molecule has 3 aromatic rings. The van der Waals surface area contributed by atoms with Gasteiger partial charge in [0.1, 0.15) is 5.69 Å². The van der Waals surface area contributed by atoms with Crippen LogP contribution in [0.2, 0.25) is 0 Å². The quantitative estimate of drug-likeness (QED) is 0.689. The second kappa shape index (κ2) is 6.39. The molecule has 5 heteroatoms. The zero-order valence-corrected chi connectivity index (χ0v) is 12.8. The molecule has 2 aromatic carbocycles. The average molecular weight is 293 g/mol. The number of hydrogen-bond donors (Lipinski definition) is 0. The Balaban J connectivity index is 2.15. The minimum Gasteiger partial charge on any atom is -0.320 e. The molecule has 0 fully saturated rings. The third-order valence-corrected chi connectivity index (χ3v) is 3.46. The molecule has 0 N–H and O–H groups in total. The highest BCUT2D eigenvalue weighted by atomic mass is 15.6. The summed E-state index contributed by atoms with van der Waals surface area (Å²) in [5.74, 6) is 0. The van der Waals surface area contributed by atoms with Crippen LogP contribution in [0.3, 0.4) is 0 Å². The van der Waals surface area contributed by atoms with Crippen LogP contribution in [0.4, 0.5) is 0 Å². The van der Waals surface area contributed by atoms with E-state index in [1.165, 1.54) is 0 Å². The maximum Gasteiger partial charge on any atom is 0.261 e. The van der Waals surface area contributed by atoms with Gasteiger partial charge in [-0.05, 0) is 30.7 Å². The van der Waals surface area contributed by atoms with E-state index in [0.717, 1.165) is 17.8 Å². The Kier molecular flexibility index (Phi) is 4.14. The van der Waals surface area contributed by atoms with Crippen molar-refractivity contribution in [2.75, 3.05) is 0 Å². The number of aromatic nitrogens is 4. The van der Waals surface area contributed by atoms with Crippen LogP contribution >= 0.6 is 0 Å². The van der Waals surface area contributed by atoms with E-state index < -0.39 is 0 Å². The predicted octanol–water partition coefficient (Wildman–Crippen LogP) is 1.81. The fourth-order valence-corrected chi connectivity index (χ4v) is 2.05. The predicted molar refractivity (Wildman–Crippen MR) is 83.7 cm³/mol. The maximum atomic E-state index is 4.67. The van der Waals surface area contributed by atoms with Gasteiger partial charge >= 0.3 is 0 Å². The van der Waals surface area contributed by atoms with Crippen LogP contribution in [0.5, 0.6) is 0 Å². The van der Waals surface area contributed by atoms with Crippen LogP contribution in [0.25, 0.3) is 11.4 Å². The third kappa shape index (κ3) is 2.98. The van der Waals surface area contributed by atoms with E-state index in [0.29, 0.717) is 5.62 Å². The van der Waals surface area contributed by atoms with E-state index in [9.17, 15) is 0 Å². The van der Waals surface area contributed by atoms with Crippen molar-refractivity contribution < 1.29 is 4.80 Å². The number of nitrogens with zero attached hydrogens (tertiary/aromatic N) is 5. The summed E-state index contributed by atoms with van der Waals surface area (Å²) in [5.41, 5.74) is 2.48. The molecule has 0 radical (unpaired) electrons. The van der Waals surface area contributed by atoms with E-state index in [4.69, 9.17) is 0 Å². The van der Waals surface area contributed by atoms with Gasteiger partial charge in [-0.15, -0.1) is 9.78 Å². The van der Waals surface area contributed by atoms with E-state index in [-0.39, 0.29) is 6.04 Å². The Morgan fingerprint density at radius 3 is 2.36 bits per heavy atom. The van der Waals surface area contributed by atoms with Gasteiger partial charge in [0.2, 0.25) is 0 Å². The molecule has 0 aliphatic carbocycles. The summed E-state index contributed by atoms with van der Waals surface area (Å²) in [4.78, 5) is 6.29. The number of para-hydroxylation sites is 2. The third-order valence-electron chi connectivity index (χ3n) is 3.46. The number of benzene rings is 2. The lowest BCUT2D eigenvalue weighted by Crippen LogP contribution is -2.40. The fraction of sp³-hybridized carbons (Fsp3) is 0.235. The SMILES string of the molecule is CCC(C)N=c1[n-][n+](-c2ccccc2)nn1-c1ccccc1. The summed E-state index contributed by atoms with van der Waals surface area (Å²) in [5, 5.41) is 9.11. The number of hydrogen-bond acceptors (Lipinski definition) is 2. The summed E-state index contributed by atoms with van der Waals surface area (Å²) in [7, 11) is 0. The summed E-state index contributed by atoms with van der Waals surface area (Å²) < 4.78 is 1.78. The molecule has 0 saturated carbocycles. The fourth-order valence-electron chi connectivity index (χ4n) is 2.05. The van der Waals surface area contributed by atoms with Gasteiger partial charge in [0.15, 0.2) is 5.69 Å². The van der Waals surface area contributed by atoms with Crippen molar-refractivity contribution in [3.63, 3.8) is 0 Å². The van der Waals surface area contributed by atoms with Crippen molar-refractivity contribution in [2.45, 2.75) is 26.3 Å². The first kappa shape index (κ1) is 14.3. The molecule has 1 unspecified atom stereocenters. The summed E-state index contributed by atoms with van der Waals surface area (Å²) >= 11 is 0. The molecule has 0 aliphatic heterocycles. The van der Waals surface area contributed by atoms with Gasteiger partial charge in [-0.3, -0.25) is 0 Å². The lowest BCUT2D eigenvalue weighted by molar-refractivity contribution is -0.723. The van der Waals surface area contributed by atoms with Crippen molar-refractivity contribution >= 4 is 0 Å². The van der Waals surface area contributed by atoms with Gasteiger partial charge in [-0.1, -0.05) is 55.0 Å². The van der Waals surface area contributed by atoms with E-state index >= 15 is 0 Å². The zero-order valence-electron chi connectivity index (χ0n) is 12.8. The summed E-state index contributed by atoms with van der Waals surface area (Å²) in [6, 6.07) is 20.0. The summed E-state index contributed by atoms with van der Waals surface area (Å²) in [6.45, 7) is 4.19. The molecule has 0 amide bonds. The first-order valence-electron chi connectivity index (χ1n) is 7.49. The Bertz CT molecular complexity index is 787. The Morgan fingerprint density at radius 2 is 1.73 bits per heavy atom. The highest BCUT2D eigenvalue weighted by molar-refractivity contribution is 5.28. The van der Waals surface area contributed by atoms with Crippen molar-refractivity contribution in [1.29, 1.82) is 0 Å². The second-order valence-corrected chi connectivity index (χ2v) is 5.15. The highest BCUT2D eigenvalue weighted by Crippen LogP contribution is 2.01. The van der Waals surface area contributed by atoms with Gasteiger partial charge in [0, 0.05) is 11.3 Å². The lowest BCUT2D eigenvalue weighted by atomic mass is 10.3. The Labute approximate surface area is 129 Å². The molecule has 0 bridgehead atoms. The molecule has 22 heavy (non-hydrogen) atoms. The van der Waals surface area contributed by atoms with Crippen LogP contribution < -0.4 is 15.5 Å². The molecule has 3 rings (SSSR count). The molecule has 1 heterocycles. The summed E-state index contributed by atoms with van der Waals surface area (Å²) in [6.07, 6.45) is 0.965. The Morgan fingerprint density at radius 1 is 1.09 bits per heavy atom. The second-order valence-electron chi connectivity index (χ2n) is 5.15. The monoisotopic (exact) mass is 293 g/mol. The maximum absolute atomic E-state index is 4.67. The average Bonchev–Trinajstić information content (AvgIpc) is 3.00. The topological polar surface area (TPSA) is 48.2 Å². The molecule has 0 saturated heterocycles. The minimum atomic E-state index is 0.205. The van der Waals surface area contributed by atoms with Crippen LogP contribution in [0, 0.1) is 0 Å². The van der Waals surface area contributed by atoms with Crippen molar-refractivity contribution in [3.05, 3.63) is 66.3 Å². The molecule has 112 valence electrons. The van der Waals surface area contributed by atoms with Gasteiger partial charge in [0.25, 0.3) is 5.62 Å². The standard InChI is InChI=1S/C17H19N5/c1-3-14(2)18-17-19-22(16-12-8-5-9-13-16)20-21(17)15-10-6-4-7-11-15/h4-14H,3H2,1-2H3. The minimum absolute atomic E-state index is 0.205. The largest absolute Gasteiger partial charge is 0.320 e. The smallest absolute Gasteiger partial charge is 0.261 e. The molecule has 1 atom stereocenters. The first-order valence-corrected chi connectivity index (χ1v) is 7.49. The van der Waals surface area contributed by atoms with Crippen LogP contribution in [0.1, 0.15) is 20.3 Å². The highest BCUT2D eigenvalue weighted by Gasteiger charge is 2.11. The van der Waals surface area contributed by atoms with Gasteiger partial charge in [0.05, 0.1) is 0 Å². The van der Waals surface area contributed by atoms with E-state index in [1.54, 1.807) is 9.48 Å². The van der Waals surface area contributed by atoms with Gasteiger partial charge in [-0.2, -0.15) is 0 Å². The number of tetrazole rings is 1. The zero-order chi connectivity index (χ0) is 15.4. The lowest BCUT2D eigenvalue weighted by Gasteiger charge is -2.01. The molecule has 1 aromatic heterocycles. The van der Waals surface area contributed by atoms with Gasteiger partial charge in [-0.25, -0.2) is 0 Å². The molecular formula is C17H19N5. The molecule has 0 aliphatic rings. The normalized spacial score (nSPS) is 13.3. The molecule has 0 spiro atoms. The van der Waals surface area contributed by atoms with Crippen LogP contribution in [0.15, 0.2) is 65.7 Å². The molecule has 5 nitrogen and oxygen atoms in total.